The van der Waals surface area contributed by atoms with E-state index in [0.29, 0.717) is 0 Å². The first-order valence-corrected chi connectivity index (χ1v) is 20.8. The van der Waals surface area contributed by atoms with E-state index in [1.807, 2.05) is 0 Å². The van der Waals surface area contributed by atoms with Crippen LogP contribution in [0.1, 0.15) is 0 Å². The third-order valence-corrected chi connectivity index (χ3v) is 12.6. The summed E-state index contributed by atoms with van der Waals surface area (Å²) >= 11 is 0. The molecule has 0 radical (unpaired) electrons. The highest BCUT2D eigenvalue weighted by atomic mass is 14.2. The van der Waals surface area contributed by atoms with E-state index in [-0.39, 0.29) is 0 Å². The minimum absolute atomic E-state index is 1.22. The van der Waals surface area contributed by atoms with Crippen LogP contribution < -0.4 is 0 Å². The highest BCUT2D eigenvalue weighted by Crippen LogP contribution is 2.47. The Kier molecular flexibility index (Phi) is 7.96. The SMILES string of the molecule is c1ccc2c(-c3cc(-c4ccc(-c5c(-c6cccc7ccccc67)ccc6ccc(-c7cccc8ccccc78)cc56)c5ccccc45)c4ccccc4c3)cccc2c1. The predicted molar refractivity (Wildman–Crippen MR) is 259 cm³/mol. The predicted octanol–water partition coefficient (Wildman–Crippen LogP) is 16.9. The van der Waals surface area contributed by atoms with E-state index in [0.717, 1.165) is 0 Å². The van der Waals surface area contributed by atoms with Crippen molar-refractivity contribution in [3.63, 3.8) is 0 Å². The first kappa shape index (κ1) is 34.3. The fourth-order valence-corrected chi connectivity index (χ4v) is 9.86. The zero-order valence-electron chi connectivity index (χ0n) is 32.9. The first-order valence-electron chi connectivity index (χ1n) is 20.8. The topological polar surface area (TPSA) is 0 Å². The molecule has 0 fully saturated rings. The van der Waals surface area contributed by atoms with Gasteiger partial charge in [0.1, 0.15) is 0 Å². The van der Waals surface area contributed by atoms with Crippen LogP contribution >= 0.6 is 0 Å². The maximum Gasteiger partial charge on any atom is -0.00201 e. The lowest BCUT2D eigenvalue weighted by molar-refractivity contribution is 1.63. The van der Waals surface area contributed by atoms with Crippen LogP contribution in [0.25, 0.3) is 120 Å². The van der Waals surface area contributed by atoms with Crippen molar-refractivity contribution >= 4 is 64.6 Å². The Balaban J connectivity index is 1.15. The molecule has 0 spiro atoms. The van der Waals surface area contributed by atoms with E-state index in [2.05, 4.69) is 231 Å². The average Bonchev–Trinajstić information content (AvgIpc) is 3.32. The van der Waals surface area contributed by atoms with E-state index in [1.165, 1.54) is 120 Å². The molecule has 0 unspecified atom stereocenters. The second kappa shape index (κ2) is 13.9. The van der Waals surface area contributed by atoms with Gasteiger partial charge in [-0.15, -0.1) is 0 Å². The Labute approximate surface area is 349 Å². The monoisotopic (exact) mass is 758 g/mol. The lowest BCUT2D eigenvalue weighted by Crippen LogP contribution is -1.93. The van der Waals surface area contributed by atoms with Crippen LogP contribution in [0.3, 0.4) is 0 Å². The second-order valence-electron chi connectivity index (χ2n) is 16.0. The minimum atomic E-state index is 1.22. The van der Waals surface area contributed by atoms with Crippen molar-refractivity contribution in [1.29, 1.82) is 0 Å². The van der Waals surface area contributed by atoms with Crippen molar-refractivity contribution in [3.8, 4) is 55.6 Å². The third-order valence-electron chi connectivity index (χ3n) is 12.6. The summed E-state index contributed by atoms with van der Waals surface area (Å²) in [5.74, 6) is 0. The maximum atomic E-state index is 2.44. The van der Waals surface area contributed by atoms with Crippen molar-refractivity contribution < 1.29 is 0 Å². The molecule has 0 aliphatic heterocycles. The number of rotatable bonds is 5. The summed E-state index contributed by atoms with van der Waals surface area (Å²) in [5.41, 5.74) is 12.4. The molecule has 0 amide bonds. The van der Waals surface area contributed by atoms with Gasteiger partial charge in [-0.25, -0.2) is 0 Å². The summed E-state index contributed by atoms with van der Waals surface area (Å²) in [7, 11) is 0. The van der Waals surface area contributed by atoms with Crippen LogP contribution in [0.15, 0.2) is 231 Å². The highest BCUT2D eigenvalue weighted by molar-refractivity contribution is 6.17. The van der Waals surface area contributed by atoms with Crippen LogP contribution in [0.2, 0.25) is 0 Å². The molecule has 0 atom stereocenters. The summed E-state index contributed by atoms with van der Waals surface area (Å²) in [6.45, 7) is 0. The molecule has 0 nitrogen and oxygen atoms in total. The van der Waals surface area contributed by atoms with Crippen LogP contribution in [0, 0.1) is 0 Å². The molecular formula is C60H38. The molecule has 0 heteroatoms. The fourth-order valence-electron chi connectivity index (χ4n) is 9.86. The van der Waals surface area contributed by atoms with Crippen LogP contribution in [0.5, 0.6) is 0 Å². The van der Waals surface area contributed by atoms with Crippen molar-refractivity contribution in [3.05, 3.63) is 231 Å². The van der Waals surface area contributed by atoms with Crippen molar-refractivity contribution in [2.24, 2.45) is 0 Å². The summed E-state index contributed by atoms with van der Waals surface area (Å²) in [6, 6.07) is 85.4. The molecule has 0 saturated carbocycles. The van der Waals surface area contributed by atoms with Gasteiger partial charge in [-0.3, -0.25) is 0 Å². The van der Waals surface area contributed by atoms with Crippen LogP contribution in [-0.4, -0.2) is 0 Å². The van der Waals surface area contributed by atoms with Crippen molar-refractivity contribution in [2.45, 2.75) is 0 Å². The standard InChI is InChI=1S/C60H38/c1-5-21-46-39(14-1)18-11-27-49(46)44-31-30-42-32-33-56(52-29-13-20-41-16-3-7-23-48(41)52)60(58(42)37-44)57-35-34-55(53-25-9-10-26-54(53)57)59-38-45(36-43-17-4-8-24-50(43)59)51-28-12-19-40-15-2-6-22-47(40)51/h1-38H. The number of fused-ring (bicyclic) bond motifs is 6. The summed E-state index contributed by atoms with van der Waals surface area (Å²) in [4.78, 5) is 0. The Morgan fingerprint density at radius 2 is 0.567 bits per heavy atom. The molecule has 0 N–H and O–H groups in total. The summed E-state index contributed by atoms with van der Waals surface area (Å²) in [5, 5.41) is 14.9. The molecule has 0 aromatic heterocycles. The lowest BCUT2D eigenvalue weighted by Gasteiger charge is -2.20. The van der Waals surface area contributed by atoms with Gasteiger partial charge in [-0.1, -0.05) is 212 Å². The largest absolute Gasteiger partial charge is 0.0616 e. The maximum absolute atomic E-state index is 2.44. The molecule has 60 heavy (non-hydrogen) atoms. The highest BCUT2D eigenvalue weighted by Gasteiger charge is 2.20. The van der Waals surface area contributed by atoms with Crippen LogP contribution in [-0.2, 0) is 0 Å². The summed E-state index contributed by atoms with van der Waals surface area (Å²) < 4.78 is 0. The molecule has 12 aromatic carbocycles. The minimum Gasteiger partial charge on any atom is -0.0616 e. The zero-order chi connectivity index (χ0) is 39.6. The van der Waals surface area contributed by atoms with E-state index >= 15 is 0 Å². The quantitative estimate of drug-likeness (QED) is 0.164. The van der Waals surface area contributed by atoms with E-state index < -0.39 is 0 Å². The molecule has 12 aromatic rings. The summed E-state index contributed by atoms with van der Waals surface area (Å²) in [6.07, 6.45) is 0. The van der Waals surface area contributed by atoms with Crippen LogP contribution in [0.4, 0.5) is 0 Å². The van der Waals surface area contributed by atoms with E-state index in [9.17, 15) is 0 Å². The molecule has 0 aliphatic carbocycles. The van der Waals surface area contributed by atoms with Gasteiger partial charge in [0.25, 0.3) is 0 Å². The zero-order valence-corrected chi connectivity index (χ0v) is 32.9. The Morgan fingerprint density at radius 1 is 0.167 bits per heavy atom. The first-order chi connectivity index (χ1) is 29.8. The molecule has 0 bridgehead atoms. The van der Waals surface area contributed by atoms with Crippen molar-refractivity contribution in [1.82, 2.24) is 0 Å². The second-order valence-corrected chi connectivity index (χ2v) is 16.0. The normalized spacial score (nSPS) is 11.7. The third kappa shape index (κ3) is 5.53. The molecule has 0 saturated heterocycles. The Morgan fingerprint density at radius 3 is 1.20 bits per heavy atom. The smallest absolute Gasteiger partial charge is 0.00201 e. The van der Waals surface area contributed by atoms with Gasteiger partial charge in [0.2, 0.25) is 0 Å². The van der Waals surface area contributed by atoms with Gasteiger partial charge in [-0.05, 0) is 138 Å². The van der Waals surface area contributed by atoms with E-state index in [4.69, 9.17) is 0 Å². The number of hydrogen-bond donors (Lipinski definition) is 0. The molecular weight excluding hydrogens is 721 g/mol. The Bertz CT molecular complexity index is 3640. The average molecular weight is 759 g/mol. The molecule has 278 valence electrons. The fraction of sp³-hybridized carbons (Fsp3) is 0. The van der Waals surface area contributed by atoms with E-state index in [1.54, 1.807) is 0 Å². The molecule has 12 rings (SSSR count). The van der Waals surface area contributed by atoms with Gasteiger partial charge < -0.3 is 0 Å². The number of hydrogen-bond acceptors (Lipinski definition) is 0. The Hall–Kier alpha value is -7.80. The number of benzene rings is 12. The van der Waals surface area contributed by atoms with Gasteiger partial charge in [-0.2, -0.15) is 0 Å². The van der Waals surface area contributed by atoms with Gasteiger partial charge in [0.15, 0.2) is 0 Å². The molecule has 0 aliphatic rings. The van der Waals surface area contributed by atoms with Crippen molar-refractivity contribution in [2.75, 3.05) is 0 Å². The van der Waals surface area contributed by atoms with Gasteiger partial charge in [0, 0.05) is 0 Å². The van der Waals surface area contributed by atoms with Gasteiger partial charge >= 0.3 is 0 Å². The lowest BCUT2D eigenvalue weighted by atomic mass is 9.83. The molecule has 0 heterocycles. The van der Waals surface area contributed by atoms with Gasteiger partial charge in [0.05, 0.1) is 0 Å².